The number of aromatic nitrogens is 6. The molecule has 7 amide bonds. The van der Waals surface area contributed by atoms with Crippen molar-refractivity contribution in [3.8, 4) is 0 Å². The Balaban J connectivity index is 1.16. The van der Waals surface area contributed by atoms with Crippen LogP contribution in [0.15, 0.2) is 52.6 Å². The Morgan fingerprint density at radius 1 is 0.779 bits per heavy atom. The van der Waals surface area contributed by atoms with Crippen LogP contribution < -0.4 is 65.3 Å². The number of anilines is 2. The van der Waals surface area contributed by atoms with Gasteiger partial charge in [0, 0.05) is 43.1 Å². The number of carbonyl (C=O) groups excluding carboxylic acids is 7. The molecule has 0 saturated heterocycles. The second-order valence-electron chi connectivity index (χ2n) is 17.2. The molecule has 0 fully saturated rings. The van der Waals surface area contributed by atoms with Crippen LogP contribution in [0, 0.1) is 5.92 Å². The first-order valence-electron chi connectivity index (χ1n) is 23.9. The normalized spacial score (nSPS) is 11.9. The summed E-state index contributed by atoms with van der Waals surface area (Å²) in [5, 5.41) is 30.3. The van der Waals surface area contributed by atoms with Crippen molar-refractivity contribution < 1.29 is 48.2 Å². The molecule has 0 bridgehead atoms. The first-order chi connectivity index (χ1) is 36.8. The van der Waals surface area contributed by atoms with E-state index in [-0.39, 0.29) is 93.1 Å². The maximum absolute atomic E-state index is 13.4. The number of carbonyl (C=O) groups is 8. The summed E-state index contributed by atoms with van der Waals surface area (Å²) < 4.78 is 11.2. The number of carboxylic acids is 1. The number of guanidine groups is 1. The summed E-state index contributed by atoms with van der Waals surface area (Å²) in [5.41, 5.74) is 18.0. The number of hydrogen-bond donors (Lipinski definition) is 13. The zero-order chi connectivity index (χ0) is 56.3. The molecule has 0 spiro atoms. The van der Waals surface area contributed by atoms with Crippen molar-refractivity contribution >= 4 is 105 Å². The van der Waals surface area contributed by atoms with Gasteiger partial charge in [-0.2, -0.15) is 4.98 Å². The minimum atomic E-state index is -1.59. The van der Waals surface area contributed by atoms with E-state index in [1.165, 1.54) is 40.2 Å². The molecule has 0 aliphatic carbocycles. The van der Waals surface area contributed by atoms with Gasteiger partial charge in [0.15, 0.2) is 17.1 Å². The number of nitrogens with zero attached hydrogens (tertiary/aromatic N) is 6. The standard InChI is InChI=1S/C45H61BN18O11S2/c1-24(2)15-32(46-75)62-35(67)22-58-41(72)31-20-54-28(19-55-31)23-77-76-14-13-50-34(66)21-57-40(71)29(5-3-12-52-44(47)48)61-42(73)30(16-36(68)69)60-33(65)6-4-11-51-39(70)25-7-9-26(10-8-25)53-17-27-18-56-38-37(59-27)43(74)64-45(49)63-38/h7-10,18-20,24,29-30,32,53H,3-6,11-17,21-23H2,1-2H3,(H,50,66)(H,51,70)(H,57,71)(H,58,72)(H,60,65)(H,61,73)(H,62,67)(H,68,69)(H4,47,48,52)(H3,49,56,63,64,74)/t29-,30-,32-/m0/s1. The van der Waals surface area contributed by atoms with Crippen molar-refractivity contribution in [3.05, 3.63) is 75.9 Å². The topological polar surface area (TPSA) is 458 Å². The molecule has 29 nitrogen and oxygen atoms in total. The molecule has 0 saturated carbocycles. The van der Waals surface area contributed by atoms with Crippen molar-refractivity contribution in [2.24, 2.45) is 22.4 Å². The third-order valence-electron chi connectivity index (χ3n) is 10.4. The molecule has 77 heavy (non-hydrogen) atoms. The van der Waals surface area contributed by atoms with Crippen molar-refractivity contribution in [1.29, 1.82) is 0 Å². The molecular formula is C45H61BN18O11S2. The van der Waals surface area contributed by atoms with E-state index in [1.807, 2.05) is 13.8 Å². The number of fused-ring (bicyclic) bond motifs is 1. The van der Waals surface area contributed by atoms with Gasteiger partial charge in [0.1, 0.15) is 12.1 Å². The summed E-state index contributed by atoms with van der Waals surface area (Å²) >= 11 is 0. The van der Waals surface area contributed by atoms with E-state index in [1.54, 1.807) is 24.3 Å². The number of aliphatic carboxylic acids is 1. The van der Waals surface area contributed by atoms with Gasteiger partial charge in [0.25, 0.3) is 11.5 Å². The molecule has 0 radical (unpaired) electrons. The van der Waals surface area contributed by atoms with Gasteiger partial charge in [-0.25, -0.2) is 9.97 Å². The van der Waals surface area contributed by atoms with Gasteiger partial charge in [0.2, 0.25) is 29.6 Å². The third kappa shape index (κ3) is 23.0. The van der Waals surface area contributed by atoms with E-state index in [0.29, 0.717) is 47.7 Å². The van der Waals surface area contributed by atoms with Crippen LogP contribution in [0.5, 0.6) is 0 Å². The average Bonchev–Trinajstić information content (AvgIpc) is 3.39. The van der Waals surface area contributed by atoms with Crippen LogP contribution in [0.25, 0.3) is 11.2 Å². The average molecular weight is 1110 g/mol. The van der Waals surface area contributed by atoms with Gasteiger partial charge in [-0.1, -0.05) is 10.8 Å². The zero-order valence-electron chi connectivity index (χ0n) is 42.1. The summed E-state index contributed by atoms with van der Waals surface area (Å²) in [5.74, 6) is -5.84. The van der Waals surface area contributed by atoms with Gasteiger partial charge < -0.3 is 54.2 Å². The molecule has 0 aliphatic heterocycles. The molecule has 4 aromatic rings. The third-order valence-corrected chi connectivity index (χ3v) is 12.7. The fraction of sp³-hybridized carbons (Fsp3) is 0.444. The first-order valence-corrected chi connectivity index (χ1v) is 26.4. The molecule has 3 heterocycles. The Morgan fingerprint density at radius 3 is 2.21 bits per heavy atom. The molecule has 0 aliphatic rings. The number of aromatic amines is 1. The fourth-order valence-corrected chi connectivity index (χ4v) is 8.57. The van der Waals surface area contributed by atoms with Crippen LogP contribution in [-0.2, 0) is 45.8 Å². The Kier molecular flexibility index (Phi) is 25.6. The predicted molar refractivity (Wildman–Crippen MR) is 286 cm³/mol. The fourth-order valence-electron chi connectivity index (χ4n) is 6.69. The van der Waals surface area contributed by atoms with Crippen LogP contribution in [-0.4, -0.2) is 152 Å². The van der Waals surface area contributed by atoms with Crippen LogP contribution in [0.4, 0.5) is 11.6 Å². The van der Waals surface area contributed by atoms with Gasteiger partial charge in [-0.3, -0.25) is 43.5 Å². The number of hydrogen-bond acceptors (Lipinski definition) is 20. The van der Waals surface area contributed by atoms with Gasteiger partial charge in [-0.05, 0) is 43.5 Å². The maximum atomic E-state index is 13.4. The van der Waals surface area contributed by atoms with E-state index < -0.39 is 83.9 Å². The summed E-state index contributed by atoms with van der Waals surface area (Å²) in [6.45, 7) is 3.58. The molecule has 412 valence electrons. The van der Waals surface area contributed by atoms with Crippen molar-refractivity contribution in [2.45, 2.75) is 82.7 Å². The molecule has 3 atom stereocenters. The quantitative estimate of drug-likeness (QED) is 0.00790. The van der Waals surface area contributed by atoms with Gasteiger partial charge >= 0.3 is 139 Å². The summed E-state index contributed by atoms with van der Waals surface area (Å²) in [6, 6.07) is 3.57. The molecule has 4 rings (SSSR count). The minimum absolute atomic E-state index is 0.00150. The Labute approximate surface area is 449 Å². The molecule has 3 aromatic heterocycles. The van der Waals surface area contributed by atoms with Gasteiger partial charge in [0.05, 0.1) is 31.4 Å². The second-order valence-corrected chi connectivity index (χ2v) is 19.8. The Bertz CT molecular complexity index is 2790. The van der Waals surface area contributed by atoms with Crippen molar-refractivity contribution in [2.75, 3.05) is 49.5 Å². The van der Waals surface area contributed by atoms with Crippen LogP contribution >= 0.6 is 21.6 Å². The number of nitrogens with two attached hydrogens (primary N) is 3. The molecule has 1 aromatic carbocycles. The first kappa shape index (κ1) is 61.3. The van der Waals surface area contributed by atoms with E-state index in [9.17, 15) is 53.0 Å². The second kappa shape index (κ2) is 32.2. The summed E-state index contributed by atoms with van der Waals surface area (Å²) in [4.78, 5) is 140. The van der Waals surface area contributed by atoms with Crippen LogP contribution in [0.3, 0.4) is 0 Å². The predicted octanol–water partition coefficient (Wildman–Crippen LogP) is -2.21. The number of benzene rings is 1. The van der Waals surface area contributed by atoms with E-state index in [4.69, 9.17) is 17.2 Å². The number of nitrogen functional groups attached to an aromatic ring is 1. The summed E-state index contributed by atoms with van der Waals surface area (Å²) in [7, 11) is 3.47. The molecular weight excluding hydrogens is 1040 g/mol. The number of amides is 7. The Morgan fingerprint density at radius 2 is 1.52 bits per heavy atom. The van der Waals surface area contributed by atoms with E-state index in [2.05, 4.69) is 77.4 Å². The Hall–Kier alpha value is -8.29. The number of carboxylic acid groups (broad SMARTS) is 1. The van der Waals surface area contributed by atoms with Crippen LogP contribution in [0.2, 0.25) is 0 Å². The van der Waals surface area contributed by atoms with Gasteiger partial charge in [-0.15, -0.1) is 0 Å². The molecule has 0 unspecified atom stereocenters. The molecule has 16 N–H and O–H groups in total. The number of nitrogens with one attached hydrogen (secondary N) is 9. The van der Waals surface area contributed by atoms with Crippen molar-refractivity contribution in [3.63, 3.8) is 0 Å². The van der Waals surface area contributed by atoms with Crippen LogP contribution in [0.1, 0.15) is 84.6 Å². The van der Waals surface area contributed by atoms with Crippen molar-refractivity contribution in [1.82, 2.24) is 67.1 Å². The number of aliphatic imine (C=N–C) groups is 1. The molecule has 32 heteroatoms. The summed E-state index contributed by atoms with van der Waals surface area (Å²) in [6.07, 6.45) is 3.87. The monoisotopic (exact) mass is 1100 g/mol. The SMILES string of the molecule is CC(C)C[C@@H](B=O)NC(=O)CNC(=O)c1cnc(CSSCCNC(=O)CNC(=O)[C@H](CCCN=C(N)N)NC(=O)[C@H](CC(=O)O)NC(=O)CCCNC(=O)c2ccc(NCc3cnc4nc(N)[nH]c(=O)c4n3)cc2)cn1. The number of rotatable bonds is 33. The number of H-pyrrole nitrogens is 1. The zero-order valence-corrected chi connectivity index (χ0v) is 43.7. The van der Waals surface area contributed by atoms with E-state index in [0.717, 1.165) is 0 Å². The van der Waals surface area contributed by atoms with E-state index >= 15 is 0 Å².